The van der Waals surface area contributed by atoms with Crippen molar-refractivity contribution < 1.29 is 0 Å². The average Bonchev–Trinajstić information content (AvgIpc) is 2.75. The SMILES string of the molecule is N=C1CCCN1c1ccc2ncccc2c1. The molecule has 1 aliphatic rings. The van der Waals surface area contributed by atoms with Gasteiger partial charge in [0.1, 0.15) is 5.84 Å². The van der Waals surface area contributed by atoms with Crippen LogP contribution in [0.5, 0.6) is 0 Å². The smallest absolute Gasteiger partial charge is 0.100 e. The quantitative estimate of drug-likeness (QED) is 0.787. The third-order valence-electron chi connectivity index (χ3n) is 3.02. The Morgan fingerprint density at radius 1 is 1.25 bits per heavy atom. The van der Waals surface area contributed by atoms with Crippen molar-refractivity contribution in [1.82, 2.24) is 4.98 Å². The molecule has 3 nitrogen and oxygen atoms in total. The van der Waals surface area contributed by atoms with Crippen LogP contribution in [-0.2, 0) is 0 Å². The molecule has 2 aromatic rings. The summed E-state index contributed by atoms with van der Waals surface area (Å²) in [5, 5.41) is 9.00. The Morgan fingerprint density at radius 3 is 3.00 bits per heavy atom. The first-order chi connectivity index (χ1) is 7.84. The molecular formula is C13H13N3. The van der Waals surface area contributed by atoms with Crippen molar-refractivity contribution in [2.24, 2.45) is 0 Å². The molecule has 0 atom stereocenters. The van der Waals surface area contributed by atoms with Gasteiger partial charge < -0.3 is 4.90 Å². The fourth-order valence-corrected chi connectivity index (χ4v) is 2.19. The lowest BCUT2D eigenvalue weighted by atomic mass is 10.2. The zero-order valence-corrected chi connectivity index (χ0v) is 8.98. The highest BCUT2D eigenvalue weighted by molar-refractivity contribution is 5.99. The molecule has 3 rings (SSSR count). The van der Waals surface area contributed by atoms with Crippen molar-refractivity contribution in [2.45, 2.75) is 12.8 Å². The van der Waals surface area contributed by atoms with E-state index < -0.39 is 0 Å². The van der Waals surface area contributed by atoms with E-state index in [1.54, 1.807) is 6.20 Å². The van der Waals surface area contributed by atoms with Crippen LogP contribution in [-0.4, -0.2) is 17.4 Å². The monoisotopic (exact) mass is 211 g/mol. The second-order valence-electron chi connectivity index (χ2n) is 4.08. The van der Waals surface area contributed by atoms with Crippen LogP contribution in [0, 0.1) is 5.41 Å². The molecule has 0 bridgehead atoms. The van der Waals surface area contributed by atoms with Gasteiger partial charge in [-0.15, -0.1) is 0 Å². The lowest BCUT2D eigenvalue weighted by molar-refractivity contribution is 0.957. The van der Waals surface area contributed by atoms with Crippen LogP contribution in [0.25, 0.3) is 10.9 Å². The fraction of sp³-hybridized carbons (Fsp3) is 0.231. The Balaban J connectivity index is 2.08. The molecule has 0 saturated carbocycles. The van der Waals surface area contributed by atoms with Crippen molar-refractivity contribution in [3.8, 4) is 0 Å². The van der Waals surface area contributed by atoms with Crippen molar-refractivity contribution >= 4 is 22.4 Å². The molecule has 3 heteroatoms. The second kappa shape index (κ2) is 3.59. The molecule has 1 fully saturated rings. The Hall–Kier alpha value is -1.90. The first kappa shape index (κ1) is 9.33. The normalized spacial score (nSPS) is 16.0. The Morgan fingerprint density at radius 2 is 2.19 bits per heavy atom. The highest BCUT2D eigenvalue weighted by Crippen LogP contribution is 2.24. The van der Waals surface area contributed by atoms with Crippen LogP contribution in [0.15, 0.2) is 36.5 Å². The molecule has 1 aromatic heterocycles. The van der Waals surface area contributed by atoms with Crippen LogP contribution < -0.4 is 4.90 Å². The number of anilines is 1. The molecule has 0 unspecified atom stereocenters. The number of nitrogens with one attached hydrogen (secondary N) is 1. The zero-order valence-electron chi connectivity index (χ0n) is 8.98. The van der Waals surface area contributed by atoms with E-state index >= 15 is 0 Å². The van der Waals surface area contributed by atoms with Crippen molar-refractivity contribution in [3.63, 3.8) is 0 Å². The summed E-state index contributed by atoms with van der Waals surface area (Å²) in [5.41, 5.74) is 2.12. The van der Waals surface area contributed by atoms with Gasteiger partial charge in [0.15, 0.2) is 0 Å². The second-order valence-corrected chi connectivity index (χ2v) is 4.08. The number of hydrogen-bond acceptors (Lipinski definition) is 2. The van der Waals surface area contributed by atoms with Gasteiger partial charge in [-0.1, -0.05) is 6.07 Å². The summed E-state index contributed by atoms with van der Waals surface area (Å²) in [5.74, 6) is 0.725. The van der Waals surface area contributed by atoms with Crippen LogP contribution in [0.3, 0.4) is 0 Å². The van der Waals surface area contributed by atoms with Crippen LogP contribution in [0.2, 0.25) is 0 Å². The van der Waals surface area contributed by atoms with Gasteiger partial charge in [-0.2, -0.15) is 0 Å². The third kappa shape index (κ3) is 1.45. The van der Waals surface area contributed by atoms with Gasteiger partial charge >= 0.3 is 0 Å². The van der Waals surface area contributed by atoms with E-state index in [4.69, 9.17) is 5.41 Å². The van der Waals surface area contributed by atoms with Crippen molar-refractivity contribution in [3.05, 3.63) is 36.5 Å². The predicted octanol–water partition coefficient (Wildman–Crippen LogP) is 2.81. The minimum atomic E-state index is 0.725. The van der Waals surface area contributed by atoms with Gasteiger partial charge in [-0.3, -0.25) is 10.4 Å². The first-order valence-corrected chi connectivity index (χ1v) is 5.54. The number of benzene rings is 1. The summed E-state index contributed by atoms with van der Waals surface area (Å²) < 4.78 is 0. The molecule has 1 N–H and O–H groups in total. The number of fused-ring (bicyclic) bond motifs is 1. The van der Waals surface area contributed by atoms with Crippen LogP contribution in [0.1, 0.15) is 12.8 Å². The van der Waals surface area contributed by atoms with E-state index in [0.717, 1.165) is 41.8 Å². The maximum Gasteiger partial charge on any atom is 0.100 e. The molecule has 0 aliphatic carbocycles. The molecule has 0 radical (unpaired) electrons. The topological polar surface area (TPSA) is 40.0 Å². The number of hydrogen-bond donors (Lipinski definition) is 1. The number of amidine groups is 1. The average molecular weight is 211 g/mol. The summed E-state index contributed by atoms with van der Waals surface area (Å²) >= 11 is 0. The summed E-state index contributed by atoms with van der Waals surface area (Å²) in [4.78, 5) is 6.37. The van der Waals surface area contributed by atoms with Gasteiger partial charge in [-0.05, 0) is 30.7 Å². The van der Waals surface area contributed by atoms with Gasteiger partial charge in [0.25, 0.3) is 0 Å². The Labute approximate surface area is 94.2 Å². The lowest BCUT2D eigenvalue weighted by Gasteiger charge is -2.18. The van der Waals surface area contributed by atoms with Gasteiger partial charge in [0, 0.05) is 30.2 Å². The van der Waals surface area contributed by atoms with Gasteiger partial charge in [0.2, 0.25) is 0 Å². The molecule has 1 aromatic carbocycles. The van der Waals surface area contributed by atoms with E-state index in [-0.39, 0.29) is 0 Å². The van der Waals surface area contributed by atoms with Gasteiger partial charge in [0.05, 0.1) is 5.52 Å². The largest absolute Gasteiger partial charge is 0.330 e. The molecule has 0 spiro atoms. The van der Waals surface area contributed by atoms with Crippen LogP contribution in [0.4, 0.5) is 5.69 Å². The minimum absolute atomic E-state index is 0.725. The van der Waals surface area contributed by atoms with E-state index in [1.165, 1.54) is 0 Å². The Kier molecular flexibility index (Phi) is 2.10. The summed E-state index contributed by atoms with van der Waals surface area (Å²) in [6, 6.07) is 10.2. The van der Waals surface area contributed by atoms with E-state index in [1.807, 2.05) is 12.1 Å². The van der Waals surface area contributed by atoms with E-state index in [2.05, 4.69) is 28.1 Å². The van der Waals surface area contributed by atoms with Crippen molar-refractivity contribution in [2.75, 3.05) is 11.4 Å². The highest BCUT2D eigenvalue weighted by Gasteiger charge is 2.18. The third-order valence-corrected chi connectivity index (χ3v) is 3.02. The van der Waals surface area contributed by atoms with E-state index in [9.17, 15) is 0 Å². The molecule has 0 amide bonds. The summed E-state index contributed by atoms with van der Waals surface area (Å²) in [6.45, 7) is 0.963. The zero-order chi connectivity index (χ0) is 11.0. The number of rotatable bonds is 1. The standard InChI is InChI=1S/C13H13N3/c14-13-4-2-8-16(13)11-5-6-12-10(9-11)3-1-7-15-12/h1,3,5-7,9,14H,2,4,8H2. The summed E-state index contributed by atoms with van der Waals surface area (Å²) in [7, 11) is 0. The number of nitrogens with zero attached hydrogens (tertiary/aromatic N) is 2. The molecule has 1 saturated heterocycles. The van der Waals surface area contributed by atoms with Crippen molar-refractivity contribution in [1.29, 1.82) is 5.41 Å². The molecular weight excluding hydrogens is 198 g/mol. The molecule has 1 aliphatic heterocycles. The van der Waals surface area contributed by atoms with Gasteiger partial charge in [-0.25, -0.2) is 0 Å². The fourth-order valence-electron chi connectivity index (χ4n) is 2.19. The maximum absolute atomic E-state index is 7.86. The number of aromatic nitrogens is 1. The summed E-state index contributed by atoms with van der Waals surface area (Å²) in [6.07, 6.45) is 3.79. The lowest BCUT2D eigenvalue weighted by Crippen LogP contribution is -2.22. The highest BCUT2D eigenvalue weighted by atomic mass is 15.2. The minimum Gasteiger partial charge on any atom is -0.330 e. The molecule has 80 valence electrons. The Bertz CT molecular complexity index is 548. The maximum atomic E-state index is 7.86. The molecule has 2 heterocycles. The molecule has 16 heavy (non-hydrogen) atoms. The number of pyridine rings is 1. The predicted molar refractivity (Wildman–Crippen MR) is 66.0 cm³/mol. The van der Waals surface area contributed by atoms with E-state index in [0.29, 0.717) is 0 Å². The first-order valence-electron chi connectivity index (χ1n) is 5.54. The van der Waals surface area contributed by atoms with Crippen LogP contribution >= 0.6 is 0 Å².